The summed E-state index contributed by atoms with van der Waals surface area (Å²) in [5.41, 5.74) is 3.71. The van der Waals surface area contributed by atoms with Crippen LogP contribution < -0.4 is 5.32 Å². The van der Waals surface area contributed by atoms with Crippen LogP contribution >= 0.6 is 0 Å². The second kappa shape index (κ2) is 9.06. The maximum atomic E-state index is 11.5. The summed E-state index contributed by atoms with van der Waals surface area (Å²) in [5.74, 6) is 3.74. The summed E-state index contributed by atoms with van der Waals surface area (Å²) >= 11 is 0. The van der Waals surface area contributed by atoms with Gasteiger partial charge in [0.1, 0.15) is 6.10 Å². The number of carbonyl (C=O) groups excluding carboxylic acids is 1. The normalized spacial score (nSPS) is 49.2. The second-order valence-electron chi connectivity index (χ2n) is 12.3. The summed E-state index contributed by atoms with van der Waals surface area (Å²) in [5, 5.41) is 3.80. The third-order valence-corrected chi connectivity index (χ3v) is 10.3. The Morgan fingerprint density at radius 2 is 2.00 bits per heavy atom. The van der Waals surface area contributed by atoms with Gasteiger partial charge in [0.15, 0.2) is 0 Å². The third-order valence-electron chi connectivity index (χ3n) is 10.3. The number of carbonyl (C=O) groups is 1. The van der Waals surface area contributed by atoms with E-state index >= 15 is 0 Å². The predicted molar refractivity (Wildman–Crippen MR) is 127 cm³/mol. The highest BCUT2D eigenvalue weighted by Gasteiger charge is 2.56. The van der Waals surface area contributed by atoms with Gasteiger partial charge in [0.2, 0.25) is 0 Å². The Bertz CT molecular complexity index is 747. The zero-order valence-electron chi connectivity index (χ0n) is 20.8. The molecule has 0 aromatic heterocycles. The van der Waals surface area contributed by atoms with Crippen LogP contribution in [0.2, 0.25) is 0 Å². The van der Waals surface area contributed by atoms with Gasteiger partial charge < -0.3 is 14.8 Å². The van der Waals surface area contributed by atoms with E-state index < -0.39 is 0 Å². The largest absolute Gasteiger partial charge is 0.463 e. The number of rotatable bonds is 1. The highest BCUT2D eigenvalue weighted by molar-refractivity contribution is 5.66. The maximum Gasteiger partial charge on any atom is 0.302 e. The van der Waals surface area contributed by atoms with Crippen molar-refractivity contribution >= 4 is 5.97 Å². The molecule has 1 saturated heterocycles. The Morgan fingerprint density at radius 3 is 2.81 bits per heavy atom. The summed E-state index contributed by atoms with van der Waals surface area (Å²) in [7, 11) is 0. The van der Waals surface area contributed by atoms with E-state index in [1.165, 1.54) is 56.9 Å². The van der Waals surface area contributed by atoms with E-state index in [4.69, 9.17) is 9.47 Å². The van der Waals surface area contributed by atoms with Gasteiger partial charge in [0.05, 0.1) is 12.7 Å². The summed E-state index contributed by atoms with van der Waals surface area (Å²) in [6, 6.07) is 0.544. The van der Waals surface area contributed by atoms with Gasteiger partial charge in [-0.3, -0.25) is 4.79 Å². The van der Waals surface area contributed by atoms with Crippen molar-refractivity contribution in [3.8, 4) is 0 Å². The summed E-state index contributed by atoms with van der Waals surface area (Å²) < 4.78 is 12.2. The molecule has 0 aromatic carbocycles. The molecule has 1 N–H and O–H groups in total. The zero-order valence-corrected chi connectivity index (χ0v) is 20.8. The molecule has 4 nitrogen and oxygen atoms in total. The number of esters is 1. The molecule has 3 aliphatic carbocycles. The van der Waals surface area contributed by atoms with E-state index in [0.717, 1.165) is 43.7 Å². The number of ether oxygens (including phenoxy) is 2. The minimum absolute atomic E-state index is 0.107. The molecule has 32 heavy (non-hydrogen) atoms. The van der Waals surface area contributed by atoms with Gasteiger partial charge in [0, 0.05) is 13.0 Å². The first-order chi connectivity index (χ1) is 15.3. The van der Waals surface area contributed by atoms with Crippen molar-refractivity contribution in [2.45, 2.75) is 110 Å². The topological polar surface area (TPSA) is 47.6 Å². The van der Waals surface area contributed by atoms with Crippen LogP contribution in [0.15, 0.2) is 11.1 Å². The molecule has 4 fully saturated rings. The van der Waals surface area contributed by atoms with E-state index in [1.807, 2.05) is 0 Å². The highest BCUT2D eigenvalue weighted by atomic mass is 16.5. The molecule has 5 aliphatic rings. The number of piperidine rings is 1. The Hall–Kier alpha value is -0.870. The molecule has 5 rings (SSSR count). The molecule has 2 heterocycles. The molecule has 180 valence electrons. The van der Waals surface area contributed by atoms with Gasteiger partial charge in [-0.2, -0.15) is 0 Å². The lowest BCUT2D eigenvalue weighted by Gasteiger charge is -2.53. The minimum Gasteiger partial charge on any atom is -0.463 e. The first kappa shape index (κ1) is 22.9. The molecule has 0 aromatic rings. The van der Waals surface area contributed by atoms with E-state index in [0.29, 0.717) is 29.4 Å². The molecule has 0 spiro atoms. The Kier molecular flexibility index (Phi) is 6.48. The SMILES string of the molecule is CC(=O)O[C@@H]1CC[C@@]2(C)[C@H](CC[C@H]3[C@@H]4CCC[C@@H]5NC[C@@H](C)C[C@H]5OC/C(C)=C\4C[C@@H]32)C1. The van der Waals surface area contributed by atoms with Crippen LogP contribution in [0.5, 0.6) is 0 Å². The average Bonchev–Trinajstić information content (AvgIpc) is 3.13. The van der Waals surface area contributed by atoms with Gasteiger partial charge in [-0.05, 0) is 112 Å². The van der Waals surface area contributed by atoms with Crippen molar-refractivity contribution in [1.82, 2.24) is 5.32 Å². The lowest BCUT2D eigenvalue weighted by Crippen LogP contribution is -2.49. The van der Waals surface area contributed by atoms with Crippen molar-refractivity contribution < 1.29 is 14.3 Å². The predicted octanol–water partition coefficient (Wildman–Crippen LogP) is 5.65. The molecule has 0 radical (unpaired) electrons. The van der Waals surface area contributed by atoms with Crippen LogP contribution in [0.3, 0.4) is 0 Å². The van der Waals surface area contributed by atoms with Crippen molar-refractivity contribution in [1.29, 1.82) is 0 Å². The van der Waals surface area contributed by atoms with Crippen molar-refractivity contribution in [2.75, 3.05) is 13.2 Å². The molecule has 3 saturated carbocycles. The van der Waals surface area contributed by atoms with Crippen LogP contribution in [0.4, 0.5) is 0 Å². The van der Waals surface area contributed by atoms with Crippen LogP contribution in [0, 0.1) is 35.0 Å². The molecule has 9 atom stereocenters. The second-order valence-corrected chi connectivity index (χ2v) is 12.3. The van der Waals surface area contributed by atoms with Crippen molar-refractivity contribution in [3.63, 3.8) is 0 Å². The lowest BCUT2D eigenvalue weighted by molar-refractivity contribution is -0.154. The van der Waals surface area contributed by atoms with Crippen LogP contribution in [0.25, 0.3) is 0 Å². The molecule has 4 heteroatoms. The zero-order chi connectivity index (χ0) is 22.5. The standard InChI is InChI=1S/C28H45NO3/c1-17-12-27-26(29-15-17)7-5-6-22-23-9-8-20-13-21(32-19(3)30)10-11-28(20,4)25(23)14-24(22)18(2)16-31-27/h17,20-23,25-27,29H,5-16H2,1-4H3/b24-18-/t17-,20+,21+,22-,23-,25-,26-,27+,28-/m0/s1. The fraction of sp³-hybridized carbons (Fsp3) is 0.893. The van der Waals surface area contributed by atoms with Gasteiger partial charge in [-0.25, -0.2) is 0 Å². The Labute approximate surface area is 195 Å². The number of hydrogen-bond acceptors (Lipinski definition) is 4. The Morgan fingerprint density at radius 1 is 1.16 bits per heavy atom. The monoisotopic (exact) mass is 443 g/mol. The van der Waals surface area contributed by atoms with Gasteiger partial charge in [-0.15, -0.1) is 0 Å². The van der Waals surface area contributed by atoms with Crippen LogP contribution in [-0.2, 0) is 14.3 Å². The van der Waals surface area contributed by atoms with Crippen LogP contribution in [0.1, 0.15) is 91.9 Å². The molecular weight excluding hydrogens is 398 g/mol. The highest BCUT2D eigenvalue weighted by Crippen LogP contribution is 2.63. The molecule has 0 unspecified atom stereocenters. The fourth-order valence-electron chi connectivity index (χ4n) is 8.62. The van der Waals surface area contributed by atoms with E-state index in [2.05, 4.69) is 26.1 Å². The van der Waals surface area contributed by atoms with E-state index in [-0.39, 0.29) is 12.1 Å². The molecule has 0 amide bonds. The number of hydrogen-bond donors (Lipinski definition) is 1. The fourth-order valence-corrected chi connectivity index (χ4v) is 8.62. The molecule has 2 aliphatic heterocycles. The smallest absolute Gasteiger partial charge is 0.302 e. The van der Waals surface area contributed by atoms with E-state index in [9.17, 15) is 4.79 Å². The number of nitrogens with one attached hydrogen (secondary N) is 1. The average molecular weight is 444 g/mol. The lowest BCUT2D eigenvalue weighted by atomic mass is 9.52. The summed E-state index contributed by atoms with van der Waals surface area (Å²) in [6.45, 7) is 10.8. The number of fused-ring (bicyclic) bond motifs is 6. The van der Waals surface area contributed by atoms with E-state index in [1.54, 1.807) is 12.5 Å². The van der Waals surface area contributed by atoms with Crippen molar-refractivity contribution in [3.05, 3.63) is 11.1 Å². The minimum atomic E-state index is -0.107. The quantitative estimate of drug-likeness (QED) is 0.420. The first-order valence-corrected chi connectivity index (χ1v) is 13.6. The summed E-state index contributed by atoms with van der Waals surface area (Å²) in [6.07, 6.45) is 13.0. The molecule has 0 bridgehead atoms. The molecular formula is C28H45NO3. The Balaban J connectivity index is 1.34. The number of allylic oxidation sites excluding steroid dienone is 1. The van der Waals surface area contributed by atoms with Crippen LogP contribution in [-0.4, -0.2) is 37.4 Å². The summed E-state index contributed by atoms with van der Waals surface area (Å²) in [4.78, 5) is 11.5. The van der Waals surface area contributed by atoms with Gasteiger partial charge in [-0.1, -0.05) is 25.8 Å². The van der Waals surface area contributed by atoms with Gasteiger partial charge in [0.25, 0.3) is 0 Å². The third kappa shape index (κ3) is 4.19. The maximum absolute atomic E-state index is 11.5. The van der Waals surface area contributed by atoms with Crippen molar-refractivity contribution in [2.24, 2.45) is 35.0 Å². The first-order valence-electron chi connectivity index (χ1n) is 13.6. The van der Waals surface area contributed by atoms with Gasteiger partial charge >= 0.3 is 5.97 Å².